The lowest BCUT2D eigenvalue weighted by Crippen LogP contribution is -2.37. The van der Waals surface area contributed by atoms with E-state index in [9.17, 15) is 18.8 Å². The van der Waals surface area contributed by atoms with Gasteiger partial charge in [-0.05, 0) is 31.9 Å². The molecule has 1 amide bonds. The highest BCUT2D eigenvalue weighted by Crippen LogP contribution is 2.11. The van der Waals surface area contributed by atoms with Gasteiger partial charge in [0.15, 0.2) is 6.17 Å². The van der Waals surface area contributed by atoms with Gasteiger partial charge in [0.2, 0.25) is 5.43 Å². The second-order valence-corrected chi connectivity index (χ2v) is 9.28. The van der Waals surface area contributed by atoms with Crippen molar-refractivity contribution in [2.24, 2.45) is 7.05 Å². The third kappa shape index (κ3) is 8.33. The third-order valence-corrected chi connectivity index (χ3v) is 4.84. The van der Waals surface area contributed by atoms with Crippen LogP contribution < -0.4 is 10.7 Å². The largest absolute Gasteiger partial charge is 0.462 e. The van der Waals surface area contributed by atoms with Crippen LogP contribution in [0.1, 0.15) is 37.6 Å². The number of halogens is 1. The number of alkyl halides is 1. The van der Waals surface area contributed by atoms with Crippen molar-refractivity contribution in [1.29, 1.82) is 0 Å². The molecule has 0 fully saturated rings. The zero-order chi connectivity index (χ0) is 26.3. The number of hydrogen-bond acceptors (Lipinski definition) is 7. The standard InChI is InChI=1S/C25H30FN5O5/c1-25(2,3)36-24(34)27-13-19(26)16-35-23(33)12-18-7-5-6-17(10-18)11-21-22(32)8-9-31(29-21)20-14-28-30(4)15-20/h5-10,14-15,19H,11-13,16H2,1-4H3,(H,27,34). The Kier molecular flexibility index (Phi) is 8.57. The molecule has 0 saturated heterocycles. The van der Waals surface area contributed by atoms with Gasteiger partial charge in [0.05, 0.1) is 25.4 Å². The first kappa shape index (κ1) is 26.6. The predicted molar refractivity (Wildman–Crippen MR) is 130 cm³/mol. The van der Waals surface area contributed by atoms with Crippen LogP contribution in [0.5, 0.6) is 0 Å². The summed E-state index contributed by atoms with van der Waals surface area (Å²) in [5.41, 5.74) is 1.63. The number of ether oxygens (including phenoxy) is 2. The van der Waals surface area contributed by atoms with Gasteiger partial charge in [0.25, 0.3) is 0 Å². The molecule has 2 aromatic heterocycles. The van der Waals surface area contributed by atoms with E-state index in [-0.39, 0.29) is 24.8 Å². The molecule has 0 aliphatic carbocycles. The number of aryl methyl sites for hydroxylation is 1. The van der Waals surface area contributed by atoms with Crippen LogP contribution in [0.25, 0.3) is 5.69 Å². The number of nitrogens with one attached hydrogen (secondary N) is 1. The number of benzene rings is 1. The Hall–Kier alpha value is -4.02. The van der Waals surface area contributed by atoms with E-state index in [1.54, 1.807) is 74.0 Å². The van der Waals surface area contributed by atoms with E-state index in [0.717, 1.165) is 11.3 Å². The van der Waals surface area contributed by atoms with Crippen LogP contribution in [0.2, 0.25) is 0 Å². The molecule has 11 heteroatoms. The summed E-state index contributed by atoms with van der Waals surface area (Å²) < 4.78 is 27.3. The van der Waals surface area contributed by atoms with E-state index in [2.05, 4.69) is 15.5 Å². The third-order valence-electron chi connectivity index (χ3n) is 4.84. The SMILES string of the molecule is Cn1cc(-n2ccc(=O)c(Cc3cccc(CC(=O)OCC(F)CNC(=O)OC(C)(C)C)c3)n2)cn1. The predicted octanol–water partition coefficient (Wildman–Crippen LogP) is 2.51. The molecule has 0 saturated carbocycles. The first-order valence-corrected chi connectivity index (χ1v) is 11.4. The number of alkyl carbamates (subject to hydrolysis) is 1. The number of amides is 1. The molecule has 0 bridgehead atoms. The molecule has 1 N–H and O–H groups in total. The van der Waals surface area contributed by atoms with Gasteiger partial charge in [0.1, 0.15) is 23.6 Å². The molecular formula is C25H30FN5O5. The van der Waals surface area contributed by atoms with Gasteiger partial charge in [-0.1, -0.05) is 24.3 Å². The highest BCUT2D eigenvalue weighted by Gasteiger charge is 2.18. The van der Waals surface area contributed by atoms with Crippen LogP contribution in [0.3, 0.4) is 0 Å². The van der Waals surface area contributed by atoms with Gasteiger partial charge in [-0.25, -0.2) is 13.9 Å². The molecule has 0 aliphatic heterocycles. The minimum absolute atomic E-state index is 0.0673. The maximum absolute atomic E-state index is 14.0. The van der Waals surface area contributed by atoms with Gasteiger partial charge >= 0.3 is 12.1 Å². The molecule has 0 spiro atoms. The van der Waals surface area contributed by atoms with Gasteiger partial charge in [-0.3, -0.25) is 14.3 Å². The highest BCUT2D eigenvalue weighted by molar-refractivity contribution is 5.72. The van der Waals surface area contributed by atoms with Crippen LogP contribution in [-0.2, 0) is 34.2 Å². The molecular weight excluding hydrogens is 469 g/mol. The quantitative estimate of drug-likeness (QED) is 0.450. The van der Waals surface area contributed by atoms with E-state index < -0.39 is 30.4 Å². The molecule has 1 unspecified atom stereocenters. The molecule has 1 aromatic carbocycles. The molecule has 10 nitrogen and oxygen atoms in total. The summed E-state index contributed by atoms with van der Waals surface area (Å²) in [7, 11) is 1.79. The average molecular weight is 500 g/mol. The first-order chi connectivity index (χ1) is 17.0. The average Bonchev–Trinajstić information content (AvgIpc) is 3.23. The number of aromatic nitrogens is 4. The smallest absolute Gasteiger partial charge is 0.407 e. The zero-order valence-electron chi connectivity index (χ0n) is 20.7. The highest BCUT2D eigenvalue weighted by atomic mass is 19.1. The Labute approximate surface area is 208 Å². The molecule has 2 heterocycles. The lowest BCUT2D eigenvalue weighted by Gasteiger charge is -2.20. The van der Waals surface area contributed by atoms with Gasteiger partial charge in [0, 0.05) is 25.7 Å². The van der Waals surface area contributed by atoms with E-state index in [1.165, 1.54) is 6.07 Å². The number of carbonyl (C=O) groups is 2. The van der Waals surface area contributed by atoms with Crippen molar-refractivity contribution in [3.8, 4) is 5.69 Å². The summed E-state index contributed by atoms with van der Waals surface area (Å²) in [6.45, 7) is 4.27. The second kappa shape index (κ2) is 11.6. The fourth-order valence-electron chi connectivity index (χ4n) is 3.25. The maximum Gasteiger partial charge on any atom is 0.407 e. The van der Waals surface area contributed by atoms with Gasteiger partial charge in [-0.2, -0.15) is 10.2 Å². The Morgan fingerprint density at radius 2 is 1.94 bits per heavy atom. The minimum Gasteiger partial charge on any atom is -0.462 e. The molecule has 192 valence electrons. The van der Waals surface area contributed by atoms with Crippen LogP contribution in [0.15, 0.2) is 53.7 Å². The zero-order valence-corrected chi connectivity index (χ0v) is 20.7. The lowest BCUT2D eigenvalue weighted by atomic mass is 10.0. The Balaban J connectivity index is 1.53. The molecule has 0 radical (unpaired) electrons. The van der Waals surface area contributed by atoms with E-state index in [1.807, 2.05) is 6.07 Å². The van der Waals surface area contributed by atoms with Crippen LogP contribution in [0, 0.1) is 0 Å². The monoisotopic (exact) mass is 499 g/mol. The van der Waals surface area contributed by atoms with Gasteiger partial charge < -0.3 is 14.8 Å². The first-order valence-electron chi connectivity index (χ1n) is 11.4. The number of hydrogen-bond donors (Lipinski definition) is 1. The normalized spacial score (nSPS) is 12.1. The topological polar surface area (TPSA) is 117 Å². The number of carbonyl (C=O) groups excluding carboxylic acids is 2. The summed E-state index contributed by atoms with van der Waals surface area (Å²) in [6, 6.07) is 8.57. The minimum atomic E-state index is -1.57. The van der Waals surface area contributed by atoms with Crippen molar-refractivity contribution in [3.63, 3.8) is 0 Å². The summed E-state index contributed by atoms with van der Waals surface area (Å²) >= 11 is 0. The van der Waals surface area contributed by atoms with Crippen molar-refractivity contribution in [2.75, 3.05) is 13.2 Å². The van der Waals surface area contributed by atoms with Crippen molar-refractivity contribution in [2.45, 2.75) is 45.4 Å². The molecule has 3 aromatic rings. The lowest BCUT2D eigenvalue weighted by molar-refractivity contribution is -0.144. The van der Waals surface area contributed by atoms with Crippen LogP contribution in [0.4, 0.5) is 9.18 Å². The fourth-order valence-corrected chi connectivity index (χ4v) is 3.25. The molecule has 36 heavy (non-hydrogen) atoms. The fraction of sp³-hybridized carbons (Fsp3) is 0.400. The molecule has 1 atom stereocenters. The van der Waals surface area contributed by atoms with Crippen molar-refractivity contribution in [1.82, 2.24) is 24.9 Å². The summed E-state index contributed by atoms with van der Waals surface area (Å²) in [5, 5.41) is 10.8. The maximum atomic E-state index is 14.0. The van der Waals surface area contributed by atoms with E-state index >= 15 is 0 Å². The number of nitrogens with zero attached hydrogens (tertiary/aromatic N) is 4. The van der Waals surface area contributed by atoms with Crippen molar-refractivity contribution in [3.05, 3.63) is 76.0 Å². The summed E-state index contributed by atoms with van der Waals surface area (Å²) in [6.07, 6.45) is 2.89. The van der Waals surface area contributed by atoms with Crippen molar-refractivity contribution < 1.29 is 23.5 Å². The molecule has 3 rings (SSSR count). The Morgan fingerprint density at radius 3 is 2.64 bits per heavy atom. The van der Waals surface area contributed by atoms with Crippen LogP contribution in [-0.4, -0.2) is 56.5 Å². The van der Waals surface area contributed by atoms with E-state index in [0.29, 0.717) is 11.3 Å². The summed E-state index contributed by atoms with van der Waals surface area (Å²) in [4.78, 5) is 36.1. The van der Waals surface area contributed by atoms with Gasteiger partial charge in [-0.15, -0.1) is 0 Å². The van der Waals surface area contributed by atoms with E-state index in [4.69, 9.17) is 9.47 Å². The number of esters is 1. The summed E-state index contributed by atoms with van der Waals surface area (Å²) in [5.74, 6) is -0.608. The second-order valence-electron chi connectivity index (χ2n) is 9.28. The number of rotatable bonds is 9. The van der Waals surface area contributed by atoms with Crippen molar-refractivity contribution >= 4 is 12.1 Å². The van der Waals surface area contributed by atoms with Crippen LogP contribution >= 0.6 is 0 Å². The Bertz CT molecular complexity index is 1260. The Morgan fingerprint density at radius 1 is 1.19 bits per heavy atom. The molecule has 0 aliphatic rings.